The lowest BCUT2D eigenvalue weighted by Crippen LogP contribution is -2.46. The molecule has 14 N–H and O–H groups in total. The Morgan fingerprint density at radius 3 is 2.07 bits per heavy atom. The van der Waals surface area contributed by atoms with Crippen LogP contribution in [0.4, 0.5) is 11.9 Å². The maximum atomic E-state index is 13.5. The van der Waals surface area contributed by atoms with Gasteiger partial charge in [0.25, 0.3) is 30.4 Å². The Morgan fingerprint density at radius 1 is 0.753 bits per heavy atom. The maximum absolute atomic E-state index is 13.5. The summed E-state index contributed by atoms with van der Waals surface area (Å²) >= 11 is 0. The van der Waals surface area contributed by atoms with Crippen molar-refractivity contribution in [1.82, 2.24) is 43.6 Å². The standard InChI is InChI=1S/C31H42N12O26P4/c1-40-9-43(23-15(40)25(50)39-30(33)37-23)27-19(48)17(46)11(65-27)6-62-71(54,55)68-73(58,59)69-72(56,57)63-7-12-20(21(60-2)28(66-12)41-4-3-13(44)35-31(41)51)67-70(52,53)61-5-10-16(45)18(47)26(64-10)42-8-34-14-22(42)36-29(32)38-24(14)49/h3-4,8-12,16-21,26-28,45-48H,5-7H2,1-2H3,(H10-,32,33,35,36,37,38,39,44,49,50,51,52,53,54,55,56,57,58,59)/t10-,11-,12-,16-,17-,18-,19-,20-,21-,26-,27-,28-/m1/s1. The van der Waals surface area contributed by atoms with Crippen LogP contribution in [-0.4, -0.2) is 161 Å². The SMILES string of the molecule is CO[C@@H]1[C@H](OP(=O)(O)OC[C@H]2O[C@@H](n3cnc4c(=O)[nH]c(N)nc43)[C@H](O)[C@@H]2O)[C@@H](COP(=O)(O)OP(=O)(O)OP(=O)([O-])OC[C@H]2O[C@@H]([n+]3cn(C)c4c(=O)[nH]c(N)nc43)[C@H](O)[C@@H]2O)O[C@H]1n1ccc(=O)[nH]c1=O. The number of aromatic nitrogens is 10. The lowest BCUT2D eigenvalue weighted by Gasteiger charge is -2.27. The van der Waals surface area contributed by atoms with Crippen molar-refractivity contribution in [3.8, 4) is 0 Å². The number of hydrogen-bond donors (Lipinski definition) is 12. The van der Waals surface area contributed by atoms with Crippen molar-refractivity contribution in [3.05, 3.63) is 66.5 Å². The van der Waals surface area contributed by atoms with Gasteiger partial charge >= 0.3 is 34.8 Å². The summed E-state index contributed by atoms with van der Waals surface area (Å²) in [6, 6.07) is 0.849. The van der Waals surface area contributed by atoms with E-state index in [1.807, 2.05) is 4.98 Å². The number of anilines is 2. The number of fused-ring (bicyclic) bond motifs is 2. The number of aliphatic hydroxyl groups is 4. The predicted octanol–water partition coefficient (Wildman–Crippen LogP) is -6.21. The largest absolute Gasteiger partial charge is 0.756 e. The number of nitrogen functional groups attached to an aromatic ring is 2. The van der Waals surface area contributed by atoms with E-state index >= 15 is 0 Å². The Kier molecular flexibility index (Phi) is 15.2. The predicted molar refractivity (Wildman–Crippen MR) is 228 cm³/mol. The van der Waals surface area contributed by atoms with E-state index in [0.717, 1.165) is 34.8 Å². The van der Waals surface area contributed by atoms with Crippen LogP contribution in [0.2, 0.25) is 0 Å². The van der Waals surface area contributed by atoms with E-state index in [4.69, 9.17) is 44.0 Å². The molecule has 38 nitrogen and oxygen atoms in total. The summed E-state index contributed by atoms with van der Waals surface area (Å²) in [5.41, 5.74) is 7.21. The van der Waals surface area contributed by atoms with E-state index in [1.165, 1.54) is 17.9 Å². The molecule has 42 heteroatoms. The van der Waals surface area contributed by atoms with Gasteiger partial charge in [-0.1, -0.05) is 4.98 Å². The summed E-state index contributed by atoms with van der Waals surface area (Å²) in [6.45, 7) is -3.64. The van der Waals surface area contributed by atoms with Crippen LogP contribution in [0.1, 0.15) is 18.7 Å². The quantitative estimate of drug-likeness (QED) is 0.0270. The van der Waals surface area contributed by atoms with E-state index in [9.17, 15) is 77.4 Å². The number of aryl methyl sites for hydroxylation is 1. The van der Waals surface area contributed by atoms with Gasteiger partial charge in [0.15, 0.2) is 29.9 Å². The maximum Gasteiger partial charge on any atom is 0.487 e. The van der Waals surface area contributed by atoms with Crippen LogP contribution in [-0.2, 0) is 71.0 Å². The van der Waals surface area contributed by atoms with Crippen molar-refractivity contribution in [2.45, 2.75) is 73.6 Å². The smallest absolute Gasteiger partial charge is 0.487 e. The van der Waals surface area contributed by atoms with E-state index in [1.54, 1.807) is 0 Å². The lowest BCUT2D eigenvalue weighted by molar-refractivity contribution is -0.745. The Balaban J connectivity index is 0.916. The van der Waals surface area contributed by atoms with Crippen LogP contribution in [0.3, 0.4) is 0 Å². The number of aliphatic hydroxyl groups excluding tert-OH is 4. The minimum absolute atomic E-state index is 0.0453. The minimum atomic E-state index is -6.29. The highest BCUT2D eigenvalue weighted by molar-refractivity contribution is 7.66. The van der Waals surface area contributed by atoms with E-state index < -0.39 is 147 Å². The number of rotatable bonds is 19. The van der Waals surface area contributed by atoms with E-state index in [2.05, 4.69) is 38.1 Å². The molecule has 0 bridgehead atoms. The topological polar surface area (TPSA) is 550 Å². The number of phosphoric ester groups is 3. The molecule has 402 valence electrons. The minimum Gasteiger partial charge on any atom is -0.756 e. The first-order valence-electron chi connectivity index (χ1n) is 20.4. The summed E-state index contributed by atoms with van der Waals surface area (Å²) in [7, 11) is -21.6. The molecule has 0 spiro atoms. The van der Waals surface area contributed by atoms with Crippen molar-refractivity contribution in [2.24, 2.45) is 7.05 Å². The second-order valence-corrected chi connectivity index (χ2v) is 21.9. The molecule has 0 aliphatic carbocycles. The molecule has 3 aliphatic rings. The number of methoxy groups -OCH3 is 1. The van der Waals surface area contributed by atoms with Crippen LogP contribution in [0.15, 0.2) is 44.1 Å². The fourth-order valence-electron chi connectivity index (χ4n) is 7.85. The molecule has 0 radical (unpaired) electrons. The van der Waals surface area contributed by atoms with Crippen molar-refractivity contribution >= 4 is 65.5 Å². The van der Waals surface area contributed by atoms with Gasteiger partial charge in [0.2, 0.25) is 17.7 Å². The van der Waals surface area contributed by atoms with Gasteiger partial charge in [-0.3, -0.25) is 61.2 Å². The van der Waals surface area contributed by atoms with Gasteiger partial charge in [-0.2, -0.15) is 9.29 Å². The molecule has 8 rings (SSSR count). The van der Waals surface area contributed by atoms with Crippen LogP contribution in [0.5, 0.6) is 0 Å². The molecule has 0 saturated carbocycles. The average molecular weight is 1120 g/mol. The molecule has 4 unspecified atom stereocenters. The number of nitrogens with one attached hydrogen (secondary N) is 3. The van der Waals surface area contributed by atoms with Gasteiger partial charge in [0, 0.05) is 19.4 Å². The van der Waals surface area contributed by atoms with Crippen molar-refractivity contribution in [1.29, 1.82) is 0 Å². The molecular formula is C31H42N12O26P4. The van der Waals surface area contributed by atoms with Crippen LogP contribution in [0, 0.1) is 0 Å². The van der Waals surface area contributed by atoms with Gasteiger partial charge in [0.05, 0.1) is 33.2 Å². The fourth-order valence-corrected chi connectivity index (χ4v) is 12.3. The molecule has 73 heavy (non-hydrogen) atoms. The molecule has 16 atom stereocenters. The summed E-state index contributed by atoms with van der Waals surface area (Å²) in [5.74, 6) is -0.665. The number of ether oxygens (including phenoxy) is 4. The van der Waals surface area contributed by atoms with Crippen LogP contribution in [0.25, 0.3) is 22.3 Å². The van der Waals surface area contributed by atoms with Crippen molar-refractivity contribution < 1.29 is 108 Å². The number of hydrogen-bond acceptors (Lipinski definition) is 28. The van der Waals surface area contributed by atoms with Gasteiger partial charge in [-0.25, -0.2) is 32.4 Å². The monoisotopic (exact) mass is 1120 g/mol. The second-order valence-electron chi connectivity index (χ2n) is 15.9. The summed E-state index contributed by atoms with van der Waals surface area (Å²) < 4.78 is 106. The Hall–Kier alpha value is -4.82. The third kappa shape index (κ3) is 11.4. The highest BCUT2D eigenvalue weighted by Gasteiger charge is 2.53. The zero-order valence-corrected chi connectivity index (χ0v) is 40.4. The zero-order chi connectivity index (χ0) is 53.3. The highest BCUT2D eigenvalue weighted by Crippen LogP contribution is 2.67. The molecule has 0 aromatic carbocycles. The first-order chi connectivity index (χ1) is 34.1. The van der Waals surface area contributed by atoms with Crippen LogP contribution >= 0.6 is 31.3 Å². The molecule has 5 aromatic heterocycles. The molecule has 3 fully saturated rings. The Labute approximate surface area is 402 Å². The zero-order valence-electron chi connectivity index (χ0n) is 36.8. The summed E-state index contributed by atoms with van der Waals surface area (Å²) in [5, 5.41) is 42.9. The number of phosphoric acid groups is 4. The average Bonchev–Trinajstić information content (AvgIpc) is 4.07. The number of nitrogens with two attached hydrogens (primary N) is 2. The normalized spacial score (nSPS) is 30.9. The number of nitrogens with zero attached hydrogens (tertiary/aromatic N) is 7. The van der Waals surface area contributed by atoms with E-state index in [0.29, 0.717) is 4.57 Å². The first kappa shape index (κ1) is 54.4. The molecule has 0 amide bonds. The fraction of sp³-hybridized carbons (Fsp3) is 0.548. The summed E-state index contributed by atoms with van der Waals surface area (Å²) in [4.78, 5) is 112. The van der Waals surface area contributed by atoms with Gasteiger partial charge in [-0.15, -0.1) is 0 Å². The van der Waals surface area contributed by atoms with Crippen molar-refractivity contribution in [2.75, 3.05) is 38.4 Å². The molecule has 5 aromatic rings. The molecule has 3 aliphatic heterocycles. The molecule has 3 saturated heterocycles. The third-order valence-electron chi connectivity index (χ3n) is 11.0. The van der Waals surface area contributed by atoms with E-state index in [-0.39, 0.29) is 34.2 Å². The highest BCUT2D eigenvalue weighted by atomic mass is 31.3. The van der Waals surface area contributed by atoms with Crippen molar-refractivity contribution in [3.63, 3.8) is 0 Å². The Bertz CT molecular complexity index is 3350. The lowest BCUT2D eigenvalue weighted by atomic mass is 10.1. The van der Waals surface area contributed by atoms with Crippen LogP contribution < -0.4 is 43.3 Å². The first-order valence-corrected chi connectivity index (χ1v) is 26.4. The van der Waals surface area contributed by atoms with Gasteiger partial charge in [0.1, 0.15) is 54.9 Å². The molecule has 8 heterocycles. The number of aromatic amines is 3. The Morgan fingerprint density at radius 2 is 1.37 bits per heavy atom. The van der Waals surface area contributed by atoms with Gasteiger partial charge < -0.3 is 74.9 Å². The third-order valence-corrected chi connectivity index (χ3v) is 16.2. The second kappa shape index (κ2) is 20.4. The molecular weight excluding hydrogens is 1080 g/mol. The number of H-pyrrole nitrogens is 3. The van der Waals surface area contributed by atoms with Gasteiger partial charge in [-0.05, 0) is 0 Å². The number of imidazole rings is 2. The summed E-state index contributed by atoms with van der Waals surface area (Å²) in [6.07, 6.45) is -18.1.